The molecule has 1 atom stereocenters. The average molecular weight is 454 g/mol. The van der Waals surface area contributed by atoms with Crippen LogP contribution < -0.4 is 10.6 Å². The Balaban J connectivity index is 0.00000529. The molecule has 1 aliphatic rings. The molecule has 5 nitrogen and oxygen atoms in total. The Morgan fingerprint density at radius 3 is 2.46 bits per heavy atom. The van der Waals surface area contributed by atoms with E-state index in [2.05, 4.69) is 43.2 Å². The molecule has 6 heteroatoms. The minimum atomic E-state index is 0. The predicted molar refractivity (Wildman–Crippen MR) is 115 cm³/mol. The molecule has 24 heavy (non-hydrogen) atoms. The van der Waals surface area contributed by atoms with Gasteiger partial charge in [0, 0.05) is 32.2 Å². The monoisotopic (exact) mass is 454 g/mol. The summed E-state index contributed by atoms with van der Waals surface area (Å²) in [5.74, 6) is 1.73. The van der Waals surface area contributed by atoms with Gasteiger partial charge < -0.3 is 15.4 Å². The molecule has 0 aromatic heterocycles. The number of halogens is 1. The van der Waals surface area contributed by atoms with Gasteiger partial charge in [0.05, 0.1) is 13.2 Å². The lowest BCUT2D eigenvalue weighted by Gasteiger charge is -2.26. The van der Waals surface area contributed by atoms with Crippen molar-refractivity contribution in [1.82, 2.24) is 15.5 Å². The highest BCUT2D eigenvalue weighted by Gasteiger charge is 2.09. The molecule has 0 bridgehead atoms. The molecule has 0 aliphatic carbocycles. The molecule has 1 aliphatic heterocycles. The molecule has 1 rings (SSSR count). The molecule has 0 radical (unpaired) electrons. The topological polar surface area (TPSA) is 48.9 Å². The zero-order valence-electron chi connectivity index (χ0n) is 16.1. The lowest BCUT2D eigenvalue weighted by molar-refractivity contribution is 0.0373. The van der Waals surface area contributed by atoms with E-state index >= 15 is 0 Å². The Morgan fingerprint density at radius 2 is 1.83 bits per heavy atom. The minimum Gasteiger partial charge on any atom is -0.379 e. The summed E-state index contributed by atoms with van der Waals surface area (Å²) in [7, 11) is 0. The van der Waals surface area contributed by atoms with Crippen molar-refractivity contribution < 1.29 is 4.74 Å². The van der Waals surface area contributed by atoms with Crippen molar-refractivity contribution in [2.45, 2.75) is 59.4 Å². The number of rotatable bonds is 10. The Kier molecular flexibility index (Phi) is 15.1. The molecule has 0 amide bonds. The molecule has 144 valence electrons. The minimum absolute atomic E-state index is 0. The average Bonchev–Trinajstić information content (AvgIpc) is 2.53. The van der Waals surface area contributed by atoms with Crippen molar-refractivity contribution in [3.8, 4) is 0 Å². The number of guanidine groups is 1. The second-order valence-electron chi connectivity index (χ2n) is 6.94. The zero-order valence-corrected chi connectivity index (χ0v) is 18.5. The van der Waals surface area contributed by atoms with Crippen LogP contribution in [-0.4, -0.2) is 62.8 Å². The van der Waals surface area contributed by atoms with Crippen molar-refractivity contribution >= 4 is 29.9 Å². The van der Waals surface area contributed by atoms with Crippen molar-refractivity contribution in [3.05, 3.63) is 0 Å². The summed E-state index contributed by atoms with van der Waals surface area (Å²) in [6, 6.07) is 0.476. The molecule has 1 heterocycles. The molecule has 0 aromatic carbocycles. The largest absolute Gasteiger partial charge is 0.379 e. The number of morpholine rings is 1. The quantitative estimate of drug-likeness (QED) is 0.231. The second kappa shape index (κ2) is 15.2. The number of aliphatic imine (C=N–C) groups is 1. The van der Waals surface area contributed by atoms with Crippen LogP contribution in [0.5, 0.6) is 0 Å². The SMILES string of the molecule is CCNC(=NCCCCN1CCOCC1)NC(C)CCC(C)C.I. The summed E-state index contributed by atoms with van der Waals surface area (Å²) in [6.45, 7) is 15.9. The molecule has 0 spiro atoms. The molecule has 1 fully saturated rings. The number of nitrogens with one attached hydrogen (secondary N) is 2. The van der Waals surface area contributed by atoms with E-state index in [9.17, 15) is 0 Å². The number of hydrogen-bond donors (Lipinski definition) is 2. The van der Waals surface area contributed by atoms with Gasteiger partial charge in [-0.2, -0.15) is 0 Å². The maximum absolute atomic E-state index is 5.38. The van der Waals surface area contributed by atoms with Gasteiger partial charge in [0.25, 0.3) is 0 Å². The van der Waals surface area contributed by atoms with E-state index in [0.29, 0.717) is 6.04 Å². The fourth-order valence-electron chi connectivity index (χ4n) is 2.67. The summed E-state index contributed by atoms with van der Waals surface area (Å²) in [5, 5.41) is 6.88. The molecule has 0 saturated carbocycles. The first kappa shape index (κ1) is 23.9. The van der Waals surface area contributed by atoms with E-state index in [1.807, 2.05) is 0 Å². The number of ether oxygens (including phenoxy) is 1. The van der Waals surface area contributed by atoms with Crippen LogP contribution in [0.2, 0.25) is 0 Å². The van der Waals surface area contributed by atoms with Gasteiger partial charge in [-0.05, 0) is 52.0 Å². The third-order valence-corrected chi connectivity index (χ3v) is 4.16. The highest BCUT2D eigenvalue weighted by atomic mass is 127. The molecule has 1 unspecified atom stereocenters. The first-order chi connectivity index (χ1) is 11.1. The standard InChI is InChI=1S/C18H38N4O.HI/c1-5-19-18(21-17(4)9-8-16(2)3)20-10-6-7-11-22-12-14-23-15-13-22;/h16-17H,5-15H2,1-4H3,(H2,19,20,21);1H. The van der Waals surface area contributed by atoms with E-state index in [1.54, 1.807) is 0 Å². The van der Waals surface area contributed by atoms with E-state index in [1.165, 1.54) is 25.8 Å². The lowest BCUT2D eigenvalue weighted by Crippen LogP contribution is -2.42. The van der Waals surface area contributed by atoms with Gasteiger partial charge in [0.1, 0.15) is 0 Å². The second-order valence-corrected chi connectivity index (χ2v) is 6.94. The van der Waals surface area contributed by atoms with Crippen LogP contribution in [0.4, 0.5) is 0 Å². The third-order valence-electron chi connectivity index (χ3n) is 4.16. The number of nitrogens with zero attached hydrogens (tertiary/aromatic N) is 2. The maximum Gasteiger partial charge on any atom is 0.191 e. The first-order valence-corrected chi connectivity index (χ1v) is 9.46. The van der Waals surface area contributed by atoms with Gasteiger partial charge in [-0.3, -0.25) is 9.89 Å². The van der Waals surface area contributed by atoms with Crippen molar-refractivity contribution in [1.29, 1.82) is 0 Å². The Hall–Kier alpha value is -0.0800. The summed E-state index contributed by atoms with van der Waals surface area (Å²) in [6.07, 6.45) is 4.81. The highest BCUT2D eigenvalue weighted by Crippen LogP contribution is 2.06. The smallest absolute Gasteiger partial charge is 0.191 e. The molecule has 0 aromatic rings. The Labute approximate surface area is 166 Å². The van der Waals surface area contributed by atoms with E-state index < -0.39 is 0 Å². The van der Waals surface area contributed by atoms with E-state index in [-0.39, 0.29) is 24.0 Å². The van der Waals surface area contributed by atoms with Gasteiger partial charge in [-0.25, -0.2) is 0 Å². The fourth-order valence-corrected chi connectivity index (χ4v) is 2.67. The Morgan fingerprint density at radius 1 is 1.12 bits per heavy atom. The van der Waals surface area contributed by atoms with Gasteiger partial charge in [-0.15, -0.1) is 24.0 Å². The van der Waals surface area contributed by atoms with E-state index in [4.69, 9.17) is 9.73 Å². The zero-order chi connectivity index (χ0) is 16.9. The predicted octanol–water partition coefficient (Wildman–Crippen LogP) is 3.10. The molecular formula is C18H39IN4O. The number of unbranched alkanes of at least 4 members (excludes halogenated alkanes) is 1. The van der Waals surface area contributed by atoms with Crippen molar-refractivity contribution in [3.63, 3.8) is 0 Å². The van der Waals surface area contributed by atoms with Crippen LogP contribution in [0.25, 0.3) is 0 Å². The van der Waals surface area contributed by atoms with Crippen molar-refractivity contribution in [2.75, 3.05) is 45.9 Å². The van der Waals surface area contributed by atoms with Gasteiger partial charge >= 0.3 is 0 Å². The fraction of sp³-hybridized carbons (Fsp3) is 0.944. The van der Waals surface area contributed by atoms with Crippen LogP contribution in [0.3, 0.4) is 0 Å². The van der Waals surface area contributed by atoms with Gasteiger partial charge in [0.2, 0.25) is 0 Å². The van der Waals surface area contributed by atoms with Crippen LogP contribution in [0.1, 0.15) is 53.4 Å². The number of hydrogen-bond acceptors (Lipinski definition) is 3. The first-order valence-electron chi connectivity index (χ1n) is 9.46. The maximum atomic E-state index is 5.38. The summed E-state index contributed by atoms with van der Waals surface area (Å²) in [4.78, 5) is 7.21. The van der Waals surface area contributed by atoms with Crippen LogP contribution in [0, 0.1) is 5.92 Å². The van der Waals surface area contributed by atoms with Crippen LogP contribution in [0.15, 0.2) is 4.99 Å². The normalized spacial score (nSPS) is 17.5. The molecule has 1 saturated heterocycles. The van der Waals surface area contributed by atoms with E-state index in [0.717, 1.165) is 57.7 Å². The Bertz CT molecular complexity index is 320. The summed E-state index contributed by atoms with van der Waals surface area (Å²) >= 11 is 0. The molecular weight excluding hydrogens is 415 g/mol. The van der Waals surface area contributed by atoms with Gasteiger partial charge in [0.15, 0.2) is 5.96 Å². The summed E-state index contributed by atoms with van der Waals surface area (Å²) < 4.78 is 5.38. The molecule has 2 N–H and O–H groups in total. The highest BCUT2D eigenvalue weighted by molar-refractivity contribution is 14.0. The third kappa shape index (κ3) is 12.3. The van der Waals surface area contributed by atoms with Crippen LogP contribution >= 0.6 is 24.0 Å². The van der Waals surface area contributed by atoms with Gasteiger partial charge in [-0.1, -0.05) is 13.8 Å². The summed E-state index contributed by atoms with van der Waals surface area (Å²) in [5.41, 5.74) is 0. The van der Waals surface area contributed by atoms with Crippen molar-refractivity contribution in [2.24, 2.45) is 10.9 Å². The lowest BCUT2D eigenvalue weighted by atomic mass is 10.0. The van der Waals surface area contributed by atoms with Crippen LogP contribution in [-0.2, 0) is 4.74 Å².